The van der Waals surface area contributed by atoms with Crippen LogP contribution >= 0.6 is 23.1 Å². The second kappa shape index (κ2) is 8.87. The molecular formula is C19H23N3OS2. The van der Waals surface area contributed by atoms with Crippen LogP contribution in [0, 0.1) is 6.92 Å². The molecule has 0 unspecified atom stereocenters. The maximum absolute atomic E-state index is 12.4. The number of hydrogen-bond acceptors (Lipinski definition) is 5. The average Bonchev–Trinajstić information content (AvgIpc) is 3.00. The number of hydrogen-bond donors (Lipinski definition) is 2. The van der Waals surface area contributed by atoms with E-state index < -0.39 is 0 Å². The molecule has 3 N–H and O–H groups in total. The molecule has 132 valence electrons. The van der Waals surface area contributed by atoms with Gasteiger partial charge < -0.3 is 11.1 Å². The van der Waals surface area contributed by atoms with E-state index in [4.69, 9.17) is 5.73 Å². The number of amides is 1. The van der Waals surface area contributed by atoms with Crippen LogP contribution in [0.4, 0.5) is 5.69 Å². The fraction of sp³-hybridized carbons (Fsp3) is 0.263. The number of carbonyl (C=O) groups excluding carboxylic acids is 1. The number of nitrogen functional groups attached to an aromatic ring is 1. The number of fused-ring (bicyclic) bond motifs is 1. The van der Waals surface area contributed by atoms with Crippen molar-refractivity contribution in [2.24, 2.45) is 0 Å². The second-order valence-corrected chi connectivity index (χ2v) is 7.14. The lowest BCUT2D eigenvalue weighted by molar-refractivity contribution is 0.0956. The molecule has 4 nitrogen and oxygen atoms in total. The standard InChI is InChI=1S/C17H17N3OS2.C2H6/c1-10-7-19-9-13-14(10)15(18)16(23-13)17(21)20-8-11-3-5-12(22-2)6-4-11;1-2/h3-7,9H,8,18H2,1-2H3,(H,20,21);1-2H3. The smallest absolute Gasteiger partial charge is 0.263 e. The first-order valence-corrected chi connectivity index (χ1v) is 10.2. The van der Waals surface area contributed by atoms with E-state index in [0.29, 0.717) is 17.1 Å². The number of thiophene rings is 1. The number of thioether (sulfide) groups is 1. The molecule has 0 radical (unpaired) electrons. The normalized spacial score (nSPS) is 10.2. The van der Waals surface area contributed by atoms with Gasteiger partial charge in [0.2, 0.25) is 0 Å². The Hall–Kier alpha value is -2.05. The third-order valence-electron chi connectivity index (χ3n) is 3.65. The minimum atomic E-state index is -0.142. The van der Waals surface area contributed by atoms with Gasteiger partial charge in [-0.15, -0.1) is 23.1 Å². The highest BCUT2D eigenvalue weighted by Crippen LogP contribution is 2.34. The van der Waals surface area contributed by atoms with E-state index >= 15 is 0 Å². The number of benzene rings is 1. The summed E-state index contributed by atoms with van der Waals surface area (Å²) in [4.78, 5) is 18.4. The zero-order valence-corrected chi connectivity index (χ0v) is 16.6. The van der Waals surface area contributed by atoms with Crippen LogP contribution in [0.2, 0.25) is 0 Å². The number of carbonyl (C=O) groups is 1. The second-order valence-electron chi connectivity index (χ2n) is 5.21. The maximum atomic E-state index is 12.4. The number of nitrogens with one attached hydrogen (secondary N) is 1. The number of aryl methyl sites for hydroxylation is 1. The minimum absolute atomic E-state index is 0.142. The Bertz CT molecular complexity index is 857. The van der Waals surface area contributed by atoms with Crippen LogP contribution in [0.5, 0.6) is 0 Å². The molecule has 0 bridgehead atoms. The van der Waals surface area contributed by atoms with Crippen LogP contribution in [0.15, 0.2) is 41.6 Å². The Morgan fingerprint density at radius 3 is 2.52 bits per heavy atom. The lowest BCUT2D eigenvalue weighted by Crippen LogP contribution is -2.22. The summed E-state index contributed by atoms with van der Waals surface area (Å²) in [7, 11) is 0. The zero-order chi connectivity index (χ0) is 18.4. The molecule has 0 aliphatic heterocycles. The van der Waals surface area contributed by atoms with E-state index in [2.05, 4.69) is 22.4 Å². The van der Waals surface area contributed by atoms with Gasteiger partial charge in [0.1, 0.15) is 4.88 Å². The fourth-order valence-electron chi connectivity index (χ4n) is 2.42. The molecule has 0 saturated heterocycles. The molecule has 1 amide bonds. The Morgan fingerprint density at radius 1 is 1.24 bits per heavy atom. The molecule has 0 aliphatic rings. The minimum Gasteiger partial charge on any atom is -0.397 e. The van der Waals surface area contributed by atoms with E-state index in [1.165, 1.54) is 16.2 Å². The molecule has 0 saturated carbocycles. The molecule has 2 heterocycles. The van der Waals surface area contributed by atoms with Crippen LogP contribution in [-0.4, -0.2) is 17.1 Å². The molecule has 0 atom stereocenters. The van der Waals surface area contributed by atoms with Gasteiger partial charge >= 0.3 is 0 Å². The number of anilines is 1. The van der Waals surface area contributed by atoms with E-state index in [-0.39, 0.29) is 5.91 Å². The van der Waals surface area contributed by atoms with E-state index in [9.17, 15) is 4.79 Å². The first kappa shape index (κ1) is 19.3. The molecule has 3 rings (SSSR count). The van der Waals surface area contributed by atoms with E-state index in [0.717, 1.165) is 21.2 Å². The molecular weight excluding hydrogens is 350 g/mol. The summed E-state index contributed by atoms with van der Waals surface area (Å²) in [5.74, 6) is -0.142. The molecule has 0 aliphatic carbocycles. The van der Waals surface area contributed by atoms with Gasteiger partial charge in [-0.3, -0.25) is 9.78 Å². The van der Waals surface area contributed by atoms with Gasteiger partial charge in [0, 0.05) is 29.2 Å². The van der Waals surface area contributed by atoms with Crippen LogP contribution in [0.1, 0.15) is 34.6 Å². The SMILES string of the molecule is CC.CSc1ccc(CNC(=O)c2sc3cncc(C)c3c2N)cc1. The van der Waals surface area contributed by atoms with Crippen molar-refractivity contribution < 1.29 is 4.79 Å². The van der Waals surface area contributed by atoms with E-state index in [1.807, 2.05) is 39.2 Å². The Kier molecular flexibility index (Phi) is 6.84. The van der Waals surface area contributed by atoms with Gasteiger partial charge in [0.25, 0.3) is 5.91 Å². The number of rotatable bonds is 4. The monoisotopic (exact) mass is 373 g/mol. The van der Waals surface area contributed by atoms with Crippen molar-refractivity contribution in [3.05, 3.63) is 52.7 Å². The van der Waals surface area contributed by atoms with Crippen molar-refractivity contribution in [1.82, 2.24) is 10.3 Å². The number of nitrogens with zero attached hydrogens (tertiary/aromatic N) is 1. The summed E-state index contributed by atoms with van der Waals surface area (Å²) in [6.07, 6.45) is 5.56. The highest BCUT2D eigenvalue weighted by atomic mass is 32.2. The fourth-order valence-corrected chi connectivity index (χ4v) is 3.91. The van der Waals surface area contributed by atoms with Crippen molar-refractivity contribution in [2.75, 3.05) is 12.0 Å². The van der Waals surface area contributed by atoms with Gasteiger partial charge in [0.15, 0.2) is 0 Å². The van der Waals surface area contributed by atoms with Gasteiger partial charge in [-0.25, -0.2) is 0 Å². The number of nitrogens with two attached hydrogens (primary N) is 1. The van der Waals surface area contributed by atoms with Crippen molar-refractivity contribution in [2.45, 2.75) is 32.2 Å². The van der Waals surface area contributed by atoms with Crippen LogP contribution in [0.3, 0.4) is 0 Å². The van der Waals surface area contributed by atoms with Crippen molar-refractivity contribution in [1.29, 1.82) is 0 Å². The molecule has 6 heteroatoms. The van der Waals surface area contributed by atoms with Crippen molar-refractivity contribution in [3.63, 3.8) is 0 Å². The van der Waals surface area contributed by atoms with Crippen LogP contribution in [0.25, 0.3) is 10.1 Å². The van der Waals surface area contributed by atoms with Gasteiger partial charge in [-0.05, 0) is 36.4 Å². The largest absolute Gasteiger partial charge is 0.397 e. The summed E-state index contributed by atoms with van der Waals surface area (Å²) < 4.78 is 0.942. The first-order valence-electron chi connectivity index (χ1n) is 8.14. The third kappa shape index (κ3) is 4.32. The molecule has 0 spiro atoms. The number of aromatic nitrogens is 1. The predicted octanol–water partition coefficient (Wildman–Crippen LogP) is 4.87. The summed E-state index contributed by atoms with van der Waals surface area (Å²) in [5, 5.41) is 3.87. The van der Waals surface area contributed by atoms with Crippen molar-refractivity contribution in [3.8, 4) is 0 Å². The maximum Gasteiger partial charge on any atom is 0.263 e. The van der Waals surface area contributed by atoms with Crippen molar-refractivity contribution >= 4 is 44.8 Å². The molecule has 3 aromatic rings. The Balaban J connectivity index is 0.00000109. The third-order valence-corrected chi connectivity index (χ3v) is 5.53. The molecule has 2 aromatic heterocycles. The zero-order valence-electron chi connectivity index (χ0n) is 14.9. The van der Waals surface area contributed by atoms with Gasteiger partial charge in [-0.2, -0.15) is 0 Å². The summed E-state index contributed by atoms with van der Waals surface area (Å²) in [6, 6.07) is 8.15. The lowest BCUT2D eigenvalue weighted by atomic mass is 10.1. The van der Waals surface area contributed by atoms with E-state index in [1.54, 1.807) is 24.2 Å². The predicted molar refractivity (Wildman–Crippen MR) is 110 cm³/mol. The molecule has 1 aromatic carbocycles. The quantitative estimate of drug-likeness (QED) is 0.641. The highest BCUT2D eigenvalue weighted by Gasteiger charge is 2.17. The first-order chi connectivity index (χ1) is 12.1. The van der Waals surface area contributed by atoms with Crippen LogP contribution < -0.4 is 11.1 Å². The summed E-state index contributed by atoms with van der Waals surface area (Å²) >= 11 is 3.08. The molecule has 25 heavy (non-hydrogen) atoms. The number of pyridine rings is 1. The molecule has 0 fully saturated rings. The lowest BCUT2D eigenvalue weighted by Gasteiger charge is -2.05. The highest BCUT2D eigenvalue weighted by molar-refractivity contribution is 7.98. The topological polar surface area (TPSA) is 68.0 Å². The Morgan fingerprint density at radius 2 is 1.92 bits per heavy atom. The average molecular weight is 374 g/mol. The Labute approximate surface area is 156 Å². The van der Waals surface area contributed by atoms with Gasteiger partial charge in [-0.1, -0.05) is 26.0 Å². The van der Waals surface area contributed by atoms with Gasteiger partial charge in [0.05, 0.1) is 10.4 Å². The summed E-state index contributed by atoms with van der Waals surface area (Å²) in [5.41, 5.74) is 8.76. The summed E-state index contributed by atoms with van der Waals surface area (Å²) in [6.45, 7) is 6.44. The van der Waals surface area contributed by atoms with Crippen LogP contribution in [-0.2, 0) is 6.54 Å².